The summed E-state index contributed by atoms with van der Waals surface area (Å²) in [5, 5.41) is 4.03. The lowest BCUT2D eigenvalue weighted by Gasteiger charge is -2.10. The molecular weight excluding hydrogens is 270 g/mol. The van der Waals surface area contributed by atoms with Gasteiger partial charge in [0.25, 0.3) is 0 Å². The van der Waals surface area contributed by atoms with Crippen LogP contribution in [0.4, 0.5) is 5.69 Å². The number of hydrogen-bond donors (Lipinski definition) is 1. The SMILES string of the molecule is COc1ccc(NCc2cccc(C3CC3)c2)cc1Cl. The first-order valence-electron chi connectivity index (χ1n) is 6.92. The maximum atomic E-state index is 6.12. The maximum Gasteiger partial charge on any atom is 0.137 e. The lowest BCUT2D eigenvalue weighted by Crippen LogP contribution is -2.00. The Bertz CT molecular complexity index is 608. The topological polar surface area (TPSA) is 21.3 Å². The minimum Gasteiger partial charge on any atom is -0.495 e. The smallest absolute Gasteiger partial charge is 0.137 e. The predicted molar refractivity (Wildman–Crippen MR) is 83.7 cm³/mol. The van der Waals surface area contributed by atoms with Gasteiger partial charge in [0.05, 0.1) is 12.1 Å². The van der Waals surface area contributed by atoms with E-state index in [4.69, 9.17) is 16.3 Å². The van der Waals surface area contributed by atoms with E-state index in [0.717, 1.165) is 18.2 Å². The van der Waals surface area contributed by atoms with Gasteiger partial charge in [-0.15, -0.1) is 0 Å². The second kappa shape index (κ2) is 5.76. The molecular formula is C17H18ClNO. The lowest BCUT2D eigenvalue weighted by atomic mass is 10.1. The molecule has 3 rings (SSSR count). The lowest BCUT2D eigenvalue weighted by molar-refractivity contribution is 0.415. The third-order valence-electron chi connectivity index (χ3n) is 3.65. The fourth-order valence-corrected chi connectivity index (χ4v) is 2.61. The van der Waals surface area contributed by atoms with Crippen molar-refractivity contribution in [2.75, 3.05) is 12.4 Å². The van der Waals surface area contributed by atoms with Crippen LogP contribution in [0.1, 0.15) is 29.9 Å². The molecule has 0 saturated heterocycles. The van der Waals surface area contributed by atoms with Crippen LogP contribution in [0.5, 0.6) is 5.75 Å². The van der Waals surface area contributed by atoms with Gasteiger partial charge < -0.3 is 10.1 Å². The van der Waals surface area contributed by atoms with Gasteiger partial charge in [0.15, 0.2) is 0 Å². The molecule has 2 aromatic carbocycles. The summed E-state index contributed by atoms with van der Waals surface area (Å²) in [4.78, 5) is 0. The number of nitrogens with one attached hydrogen (secondary N) is 1. The van der Waals surface area contributed by atoms with Gasteiger partial charge in [-0.3, -0.25) is 0 Å². The van der Waals surface area contributed by atoms with Gasteiger partial charge in [0.1, 0.15) is 5.75 Å². The molecule has 0 atom stereocenters. The Morgan fingerprint density at radius 2 is 2.05 bits per heavy atom. The molecule has 0 radical (unpaired) electrons. The van der Waals surface area contributed by atoms with E-state index in [1.165, 1.54) is 24.0 Å². The molecule has 2 aromatic rings. The zero-order valence-electron chi connectivity index (χ0n) is 11.5. The first-order chi connectivity index (χ1) is 9.76. The molecule has 3 heteroatoms. The van der Waals surface area contributed by atoms with Gasteiger partial charge in [-0.2, -0.15) is 0 Å². The van der Waals surface area contributed by atoms with E-state index in [-0.39, 0.29) is 0 Å². The highest BCUT2D eigenvalue weighted by Gasteiger charge is 2.23. The number of benzene rings is 2. The third kappa shape index (κ3) is 3.07. The second-order valence-electron chi connectivity index (χ2n) is 5.22. The van der Waals surface area contributed by atoms with Crippen LogP contribution in [0, 0.1) is 0 Å². The van der Waals surface area contributed by atoms with Crippen molar-refractivity contribution in [3.63, 3.8) is 0 Å². The minimum atomic E-state index is 0.629. The van der Waals surface area contributed by atoms with Crippen molar-refractivity contribution in [3.8, 4) is 5.75 Å². The minimum absolute atomic E-state index is 0.629. The number of ether oxygens (including phenoxy) is 1. The van der Waals surface area contributed by atoms with Crippen molar-refractivity contribution >= 4 is 17.3 Å². The fraction of sp³-hybridized carbons (Fsp3) is 0.294. The Morgan fingerprint density at radius 3 is 2.75 bits per heavy atom. The summed E-state index contributed by atoms with van der Waals surface area (Å²) in [6.07, 6.45) is 2.68. The Kier molecular flexibility index (Phi) is 3.83. The first kappa shape index (κ1) is 13.3. The van der Waals surface area contributed by atoms with Gasteiger partial charge >= 0.3 is 0 Å². The van der Waals surface area contributed by atoms with Crippen molar-refractivity contribution < 1.29 is 4.74 Å². The highest BCUT2D eigenvalue weighted by molar-refractivity contribution is 6.32. The first-order valence-corrected chi connectivity index (χ1v) is 7.30. The molecule has 0 unspecified atom stereocenters. The third-order valence-corrected chi connectivity index (χ3v) is 3.94. The van der Waals surface area contributed by atoms with E-state index in [0.29, 0.717) is 10.8 Å². The normalized spacial score (nSPS) is 14.1. The second-order valence-corrected chi connectivity index (χ2v) is 5.63. The average Bonchev–Trinajstić information content (AvgIpc) is 3.30. The van der Waals surface area contributed by atoms with Crippen LogP contribution in [0.25, 0.3) is 0 Å². The van der Waals surface area contributed by atoms with Crippen LogP contribution in [-0.4, -0.2) is 7.11 Å². The molecule has 1 saturated carbocycles. The molecule has 104 valence electrons. The van der Waals surface area contributed by atoms with E-state index in [9.17, 15) is 0 Å². The van der Waals surface area contributed by atoms with Crippen LogP contribution >= 0.6 is 11.6 Å². The van der Waals surface area contributed by atoms with Crippen molar-refractivity contribution in [1.29, 1.82) is 0 Å². The maximum absolute atomic E-state index is 6.12. The Morgan fingerprint density at radius 1 is 1.20 bits per heavy atom. The van der Waals surface area contributed by atoms with Crippen molar-refractivity contribution in [2.45, 2.75) is 25.3 Å². The van der Waals surface area contributed by atoms with Crippen LogP contribution in [0.15, 0.2) is 42.5 Å². The van der Waals surface area contributed by atoms with E-state index in [1.807, 2.05) is 18.2 Å². The molecule has 1 N–H and O–H groups in total. The summed E-state index contributed by atoms with van der Waals surface area (Å²) >= 11 is 6.12. The molecule has 1 aliphatic rings. The Balaban J connectivity index is 1.66. The molecule has 0 aliphatic heterocycles. The molecule has 0 bridgehead atoms. The van der Waals surface area contributed by atoms with Gasteiger partial charge in [-0.1, -0.05) is 35.9 Å². The molecule has 2 nitrogen and oxygen atoms in total. The quantitative estimate of drug-likeness (QED) is 0.850. The fourth-order valence-electron chi connectivity index (χ4n) is 2.35. The zero-order valence-corrected chi connectivity index (χ0v) is 12.3. The highest BCUT2D eigenvalue weighted by Crippen LogP contribution is 2.40. The summed E-state index contributed by atoms with van der Waals surface area (Å²) in [7, 11) is 1.62. The monoisotopic (exact) mass is 287 g/mol. The van der Waals surface area contributed by atoms with E-state index in [2.05, 4.69) is 29.6 Å². The van der Waals surface area contributed by atoms with Crippen LogP contribution in [0.2, 0.25) is 5.02 Å². The number of rotatable bonds is 5. The average molecular weight is 288 g/mol. The number of anilines is 1. The van der Waals surface area contributed by atoms with E-state index >= 15 is 0 Å². The van der Waals surface area contributed by atoms with Gasteiger partial charge in [-0.05, 0) is 48.1 Å². The van der Waals surface area contributed by atoms with Crippen molar-refractivity contribution in [3.05, 3.63) is 58.6 Å². The molecule has 0 amide bonds. The summed E-state index contributed by atoms with van der Waals surface area (Å²) in [5.74, 6) is 1.50. The van der Waals surface area contributed by atoms with Gasteiger partial charge in [-0.25, -0.2) is 0 Å². The van der Waals surface area contributed by atoms with Crippen LogP contribution < -0.4 is 10.1 Å². The summed E-state index contributed by atoms with van der Waals surface area (Å²) in [6, 6.07) is 14.6. The molecule has 1 aliphatic carbocycles. The van der Waals surface area contributed by atoms with Crippen molar-refractivity contribution in [2.24, 2.45) is 0 Å². The van der Waals surface area contributed by atoms with Gasteiger partial charge in [0.2, 0.25) is 0 Å². The summed E-state index contributed by atoms with van der Waals surface area (Å²) in [6.45, 7) is 0.809. The Labute approximate surface area is 124 Å². The van der Waals surface area contributed by atoms with Crippen molar-refractivity contribution in [1.82, 2.24) is 0 Å². The molecule has 0 heterocycles. The molecule has 20 heavy (non-hydrogen) atoms. The number of methoxy groups -OCH3 is 1. The van der Waals surface area contributed by atoms with Crippen LogP contribution in [-0.2, 0) is 6.54 Å². The number of halogens is 1. The highest BCUT2D eigenvalue weighted by atomic mass is 35.5. The standard InChI is InChI=1S/C17H18ClNO/c1-20-17-8-7-15(10-16(17)18)19-11-12-3-2-4-14(9-12)13-5-6-13/h2-4,7-10,13,19H,5-6,11H2,1H3. The summed E-state index contributed by atoms with van der Waals surface area (Å²) in [5.41, 5.74) is 3.78. The van der Waals surface area contributed by atoms with E-state index in [1.54, 1.807) is 7.11 Å². The largest absolute Gasteiger partial charge is 0.495 e. The zero-order chi connectivity index (χ0) is 13.9. The van der Waals surface area contributed by atoms with E-state index < -0.39 is 0 Å². The number of hydrogen-bond acceptors (Lipinski definition) is 2. The molecule has 1 fully saturated rings. The molecule has 0 spiro atoms. The molecule has 0 aromatic heterocycles. The summed E-state index contributed by atoms with van der Waals surface area (Å²) < 4.78 is 5.15. The van der Waals surface area contributed by atoms with Crippen LogP contribution in [0.3, 0.4) is 0 Å². The Hall–Kier alpha value is -1.67. The predicted octanol–water partition coefficient (Wildman–Crippen LogP) is 4.84. The van der Waals surface area contributed by atoms with Gasteiger partial charge in [0, 0.05) is 12.2 Å².